The zero-order chi connectivity index (χ0) is 20.6. The van der Waals surface area contributed by atoms with E-state index in [-0.39, 0.29) is 18.4 Å². The Bertz CT molecular complexity index is 868. The van der Waals surface area contributed by atoms with Gasteiger partial charge in [0.2, 0.25) is 15.9 Å². The standard InChI is InChI=1S/C21H28N2O3S2/c1-17(2)19-12-7-8-13-20(19)23(28(3,25)26)16-21(24)22-14-9-15-27-18-10-5-4-6-11-18/h4-8,10-13,17H,9,14-16H2,1-3H3,(H,22,24). The molecule has 1 amide bonds. The highest BCUT2D eigenvalue weighted by atomic mass is 32.2. The number of nitrogens with zero attached hydrogens (tertiary/aromatic N) is 1. The van der Waals surface area contributed by atoms with Crippen LogP contribution in [0, 0.1) is 0 Å². The molecule has 5 nitrogen and oxygen atoms in total. The van der Waals surface area contributed by atoms with Crippen molar-refractivity contribution in [2.45, 2.75) is 31.1 Å². The number of carbonyl (C=O) groups excluding carboxylic acids is 1. The first-order valence-corrected chi connectivity index (χ1v) is 12.1. The van der Waals surface area contributed by atoms with E-state index in [2.05, 4.69) is 17.4 Å². The van der Waals surface area contributed by atoms with Crippen LogP contribution in [0.2, 0.25) is 0 Å². The first-order valence-electron chi connectivity index (χ1n) is 9.30. The Kier molecular flexibility index (Phi) is 8.38. The van der Waals surface area contributed by atoms with Crippen molar-refractivity contribution in [3.8, 4) is 0 Å². The van der Waals surface area contributed by atoms with Gasteiger partial charge in [0.05, 0.1) is 11.9 Å². The first kappa shape index (κ1) is 22.3. The van der Waals surface area contributed by atoms with Gasteiger partial charge in [-0.05, 0) is 41.9 Å². The molecule has 0 spiro atoms. The third-order valence-electron chi connectivity index (χ3n) is 4.17. The van der Waals surface area contributed by atoms with Gasteiger partial charge in [0.1, 0.15) is 6.54 Å². The van der Waals surface area contributed by atoms with Crippen LogP contribution >= 0.6 is 11.8 Å². The number of hydrogen-bond acceptors (Lipinski definition) is 4. The van der Waals surface area contributed by atoms with Crippen LogP contribution in [-0.2, 0) is 14.8 Å². The average molecular weight is 421 g/mol. The lowest BCUT2D eigenvalue weighted by molar-refractivity contribution is -0.119. The molecule has 0 aromatic heterocycles. The maximum Gasteiger partial charge on any atom is 0.240 e. The first-order chi connectivity index (χ1) is 13.3. The molecule has 0 atom stereocenters. The Morgan fingerprint density at radius 1 is 1.07 bits per heavy atom. The largest absolute Gasteiger partial charge is 0.354 e. The molecule has 2 aromatic rings. The van der Waals surface area contributed by atoms with Crippen molar-refractivity contribution in [3.63, 3.8) is 0 Å². The zero-order valence-corrected chi connectivity index (χ0v) is 18.2. The van der Waals surface area contributed by atoms with Crippen LogP contribution in [0.25, 0.3) is 0 Å². The Labute approximate surface area is 172 Å². The van der Waals surface area contributed by atoms with E-state index in [0.717, 1.165) is 24.0 Å². The van der Waals surface area contributed by atoms with Crippen LogP contribution < -0.4 is 9.62 Å². The van der Waals surface area contributed by atoms with E-state index < -0.39 is 10.0 Å². The van der Waals surface area contributed by atoms with Crippen LogP contribution in [0.3, 0.4) is 0 Å². The Morgan fingerprint density at radius 3 is 2.36 bits per heavy atom. The number of thioether (sulfide) groups is 1. The minimum absolute atomic E-state index is 0.151. The molecule has 0 saturated carbocycles. The van der Waals surface area contributed by atoms with Gasteiger partial charge in [-0.15, -0.1) is 11.8 Å². The van der Waals surface area contributed by atoms with Crippen LogP contribution in [0.4, 0.5) is 5.69 Å². The lowest BCUT2D eigenvalue weighted by atomic mass is 10.0. The minimum atomic E-state index is -3.57. The summed E-state index contributed by atoms with van der Waals surface area (Å²) in [6.07, 6.45) is 1.95. The fraction of sp³-hybridized carbons (Fsp3) is 0.381. The van der Waals surface area contributed by atoms with E-state index in [1.165, 1.54) is 9.20 Å². The van der Waals surface area contributed by atoms with Crippen LogP contribution in [0.1, 0.15) is 31.7 Å². The number of rotatable bonds is 10. The highest BCUT2D eigenvalue weighted by Crippen LogP contribution is 2.28. The normalized spacial score (nSPS) is 11.4. The van der Waals surface area contributed by atoms with Crippen molar-refractivity contribution >= 4 is 33.4 Å². The van der Waals surface area contributed by atoms with Crippen LogP contribution in [0.15, 0.2) is 59.5 Å². The van der Waals surface area contributed by atoms with Crippen molar-refractivity contribution in [3.05, 3.63) is 60.2 Å². The molecule has 7 heteroatoms. The molecule has 2 aromatic carbocycles. The summed E-state index contributed by atoms with van der Waals surface area (Å²) in [5.41, 5.74) is 1.47. The fourth-order valence-electron chi connectivity index (χ4n) is 2.78. The van der Waals surface area contributed by atoms with E-state index in [9.17, 15) is 13.2 Å². The SMILES string of the molecule is CC(C)c1ccccc1N(CC(=O)NCCCSc1ccccc1)S(C)(=O)=O. The molecule has 0 saturated heterocycles. The minimum Gasteiger partial charge on any atom is -0.354 e. The van der Waals surface area contributed by atoms with E-state index in [0.29, 0.717) is 12.2 Å². The third kappa shape index (κ3) is 6.87. The predicted octanol–water partition coefficient (Wildman–Crippen LogP) is 3.87. The fourth-order valence-corrected chi connectivity index (χ4v) is 4.53. The van der Waals surface area contributed by atoms with E-state index in [1.807, 2.05) is 44.2 Å². The summed E-state index contributed by atoms with van der Waals surface area (Å²) < 4.78 is 25.8. The maximum atomic E-state index is 12.4. The second kappa shape index (κ2) is 10.5. The molecule has 28 heavy (non-hydrogen) atoms. The lowest BCUT2D eigenvalue weighted by Gasteiger charge is -2.25. The van der Waals surface area contributed by atoms with Gasteiger partial charge < -0.3 is 5.32 Å². The van der Waals surface area contributed by atoms with E-state index in [1.54, 1.807) is 23.9 Å². The molecule has 0 fully saturated rings. The van der Waals surface area contributed by atoms with Crippen molar-refractivity contribution in [2.75, 3.05) is 29.4 Å². The van der Waals surface area contributed by atoms with Crippen molar-refractivity contribution in [2.24, 2.45) is 0 Å². The van der Waals surface area contributed by atoms with Gasteiger partial charge in [-0.3, -0.25) is 9.10 Å². The van der Waals surface area contributed by atoms with Gasteiger partial charge in [0.25, 0.3) is 0 Å². The summed E-state index contributed by atoms with van der Waals surface area (Å²) in [6, 6.07) is 17.4. The summed E-state index contributed by atoms with van der Waals surface area (Å²) in [4.78, 5) is 13.6. The van der Waals surface area contributed by atoms with Crippen LogP contribution in [-0.4, -0.2) is 39.4 Å². The quantitative estimate of drug-likeness (QED) is 0.468. The highest BCUT2D eigenvalue weighted by molar-refractivity contribution is 7.99. The second-order valence-corrected chi connectivity index (χ2v) is 9.92. The Balaban J connectivity index is 1.92. The Morgan fingerprint density at radius 2 is 1.71 bits per heavy atom. The summed E-state index contributed by atoms with van der Waals surface area (Å²) in [6.45, 7) is 4.31. The summed E-state index contributed by atoms with van der Waals surface area (Å²) in [5, 5.41) is 2.83. The molecule has 0 aliphatic heterocycles. The molecule has 2 rings (SSSR count). The number of sulfonamides is 1. The molecule has 0 unspecified atom stereocenters. The molecular formula is C21H28N2O3S2. The number of carbonyl (C=O) groups is 1. The molecule has 152 valence electrons. The lowest BCUT2D eigenvalue weighted by Crippen LogP contribution is -2.41. The molecule has 0 heterocycles. The smallest absolute Gasteiger partial charge is 0.240 e. The monoisotopic (exact) mass is 420 g/mol. The van der Waals surface area contributed by atoms with Gasteiger partial charge in [0.15, 0.2) is 0 Å². The second-order valence-electron chi connectivity index (χ2n) is 6.85. The molecule has 0 bridgehead atoms. The summed E-state index contributed by atoms with van der Waals surface area (Å²) in [7, 11) is -3.57. The Hall–Kier alpha value is -1.99. The van der Waals surface area contributed by atoms with Gasteiger partial charge >= 0.3 is 0 Å². The van der Waals surface area contributed by atoms with E-state index in [4.69, 9.17) is 0 Å². The van der Waals surface area contributed by atoms with Gasteiger partial charge in [-0.2, -0.15) is 0 Å². The molecule has 1 N–H and O–H groups in total. The third-order valence-corrected chi connectivity index (χ3v) is 6.39. The van der Waals surface area contributed by atoms with Crippen molar-refractivity contribution in [1.29, 1.82) is 0 Å². The zero-order valence-electron chi connectivity index (χ0n) is 16.6. The molecule has 0 aliphatic carbocycles. The van der Waals surface area contributed by atoms with Gasteiger partial charge in [-0.1, -0.05) is 50.2 Å². The maximum absolute atomic E-state index is 12.4. The van der Waals surface area contributed by atoms with Crippen molar-refractivity contribution in [1.82, 2.24) is 5.32 Å². The topological polar surface area (TPSA) is 66.5 Å². The van der Waals surface area contributed by atoms with Crippen molar-refractivity contribution < 1.29 is 13.2 Å². The number of anilines is 1. The molecule has 0 aliphatic rings. The molecule has 0 radical (unpaired) electrons. The number of nitrogens with one attached hydrogen (secondary N) is 1. The predicted molar refractivity (Wildman–Crippen MR) is 118 cm³/mol. The van der Waals surface area contributed by atoms with E-state index >= 15 is 0 Å². The number of hydrogen-bond donors (Lipinski definition) is 1. The summed E-state index contributed by atoms with van der Waals surface area (Å²) in [5.74, 6) is 0.739. The van der Waals surface area contributed by atoms with Crippen LogP contribution in [0.5, 0.6) is 0 Å². The number of para-hydroxylation sites is 1. The van der Waals surface area contributed by atoms with Gasteiger partial charge in [0, 0.05) is 11.4 Å². The highest BCUT2D eigenvalue weighted by Gasteiger charge is 2.23. The molecular weight excluding hydrogens is 392 g/mol. The number of benzene rings is 2. The van der Waals surface area contributed by atoms with Gasteiger partial charge in [-0.25, -0.2) is 8.42 Å². The summed E-state index contributed by atoms with van der Waals surface area (Å²) >= 11 is 1.73. The number of amides is 1. The average Bonchev–Trinajstić information content (AvgIpc) is 2.65.